The minimum Gasteiger partial charge on any atom is -0.316 e. The summed E-state index contributed by atoms with van der Waals surface area (Å²) in [5.74, 6) is 0.452. The molecule has 2 N–H and O–H groups in total. The first kappa shape index (κ1) is 13.9. The molecule has 1 unspecified atom stereocenters. The SMILES string of the molecule is CCC1(C(=O)Nc2nc(C)cc(C)n2)CCCNC1. The molecule has 0 spiro atoms. The molecule has 0 saturated carbocycles. The van der Waals surface area contributed by atoms with E-state index in [1.165, 1.54) is 0 Å². The number of carbonyl (C=O) groups excluding carboxylic acids is 1. The molecule has 0 bridgehead atoms. The van der Waals surface area contributed by atoms with Crippen molar-refractivity contribution in [3.63, 3.8) is 0 Å². The molecule has 1 aliphatic heterocycles. The number of piperidine rings is 1. The van der Waals surface area contributed by atoms with E-state index >= 15 is 0 Å². The highest BCUT2D eigenvalue weighted by molar-refractivity contribution is 5.94. The first-order valence-electron chi connectivity index (χ1n) is 6.90. The predicted molar refractivity (Wildman–Crippen MR) is 75.0 cm³/mol. The fourth-order valence-electron chi connectivity index (χ4n) is 2.64. The molecule has 1 saturated heterocycles. The molecule has 1 aromatic heterocycles. The molecule has 19 heavy (non-hydrogen) atoms. The van der Waals surface area contributed by atoms with Crippen molar-refractivity contribution in [1.29, 1.82) is 0 Å². The van der Waals surface area contributed by atoms with E-state index in [0.717, 1.165) is 43.7 Å². The van der Waals surface area contributed by atoms with E-state index in [0.29, 0.717) is 5.95 Å². The summed E-state index contributed by atoms with van der Waals surface area (Å²) in [5, 5.41) is 6.20. The Balaban J connectivity index is 2.14. The van der Waals surface area contributed by atoms with Gasteiger partial charge >= 0.3 is 0 Å². The number of rotatable bonds is 3. The van der Waals surface area contributed by atoms with Crippen molar-refractivity contribution in [2.45, 2.75) is 40.0 Å². The normalized spacial score (nSPS) is 23.1. The van der Waals surface area contributed by atoms with Gasteiger partial charge in [0.1, 0.15) is 0 Å². The van der Waals surface area contributed by atoms with Crippen LogP contribution in [0.5, 0.6) is 0 Å². The van der Waals surface area contributed by atoms with E-state index in [1.54, 1.807) is 0 Å². The number of aromatic nitrogens is 2. The molecule has 5 nitrogen and oxygen atoms in total. The summed E-state index contributed by atoms with van der Waals surface area (Å²) >= 11 is 0. The number of nitrogens with zero attached hydrogens (tertiary/aromatic N) is 2. The summed E-state index contributed by atoms with van der Waals surface area (Å²) < 4.78 is 0. The Morgan fingerprint density at radius 1 is 1.42 bits per heavy atom. The highest BCUT2D eigenvalue weighted by Gasteiger charge is 2.38. The second-order valence-corrected chi connectivity index (χ2v) is 5.34. The van der Waals surface area contributed by atoms with E-state index < -0.39 is 0 Å². The van der Waals surface area contributed by atoms with Crippen LogP contribution in [0.25, 0.3) is 0 Å². The van der Waals surface area contributed by atoms with Crippen LogP contribution >= 0.6 is 0 Å². The van der Waals surface area contributed by atoms with Gasteiger partial charge in [0.15, 0.2) is 0 Å². The molecule has 1 amide bonds. The van der Waals surface area contributed by atoms with Crippen LogP contribution in [0.15, 0.2) is 6.07 Å². The standard InChI is InChI=1S/C14H22N4O/c1-4-14(6-5-7-15-9-14)12(19)18-13-16-10(2)8-11(3)17-13/h8,15H,4-7,9H2,1-3H3,(H,16,17,18,19). The van der Waals surface area contributed by atoms with Gasteiger partial charge in [-0.15, -0.1) is 0 Å². The van der Waals surface area contributed by atoms with Crippen LogP contribution in [0.4, 0.5) is 5.95 Å². The van der Waals surface area contributed by atoms with Crippen LogP contribution in [0.3, 0.4) is 0 Å². The average Bonchev–Trinajstić information content (AvgIpc) is 2.38. The molecule has 0 aliphatic carbocycles. The maximum atomic E-state index is 12.5. The Labute approximate surface area is 114 Å². The second-order valence-electron chi connectivity index (χ2n) is 5.34. The quantitative estimate of drug-likeness (QED) is 0.872. The maximum Gasteiger partial charge on any atom is 0.234 e. The number of nitrogens with one attached hydrogen (secondary N) is 2. The maximum absolute atomic E-state index is 12.5. The minimum absolute atomic E-state index is 0.0344. The number of carbonyl (C=O) groups is 1. The molecule has 2 heterocycles. The average molecular weight is 262 g/mol. The lowest BCUT2D eigenvalue weighted by Gasteiger charge is -2.35. The number of hydrogen-bond acceptors (Lipinski definition) is 4. The zero-order valence-electron chi connectivity index (χ0n) is 11.9. The third-order valence-electron chi connectivity index (χ3n) is 3.84. The third kappa shape index (κ3) is 3.10. The summed E-state index contributed by atoms with van der Waals surface area (Å²) in [5.41, 5.74) is 1.42. The van der Waals surface area contributed by atoms with Crippen molar-refractivity contribution in [3.8, 4) is 0 Å². The van der Waals surface area contributed by atoms with Crippen molar-refractivity contribution < 1.29 is 4.79 Å². The predicted octanol–water partition coefficient (Wildman–Crippen LogP) is 1.81. The lowest BCUT2D eigenvalue weighted by Crippen LogP contribution is -2.47. The molecule has 1 atom stereocenters. The van der Waals surface area contributed by atoms with Gasteiger partial charge in [0.25, 0.3) is 0 Å². The van der Waals surface area contributed by atoms with Crippen LogP contribution in [-0.4, -0.2) is 29.0 Å². The van der Waals surface area contributed by atoms with Gasteiger partial charge in [-0.3, -0.25) is 10.1 Å². The monoisotopic (exact) mass is 262 g/mol. The molecule has 1 aliphatic rings. The molecular weight excluding hydrogens is 240 g/mol. The Bertz CT molecular complexity index is 446. The number of anilines is 1. The van der Waals surface area contributed by atoms with Crippen LogP contribution in [0.2, 0.25) is 0 Å². The summed E-state index contributed by atoms with van der Waals surface area (Å²) in [7, 11) is 0. The fourth-order valence-corrected chi connectivity index (χ4v) is 2.64. The van der Waals surface area contributed by atoms with E-state index in [1.807, 2.05) is 19.9 Å². The summed E-state index contributed by atoms with van der Waals surface area (Å²) in [4.78, 5) is 21.1. The first-order chi connectivity index (χ1) is 9.05. The minimum atomic E-state index is -0.320. The lowest BCUT2D eigenvalue weighted by atomic mass is 9.77. The van der Waals surface area contributed by atoms with Crippen LogP contribution in [0, 0.1) is 19.3 Å². The van der Waals surface area contributed by atoms with Gasteiger partial charge in [0.05, 0.1) is 5.41 Å². The van der Waals surface area contributed by atoms with E-state index in [9.17, 15) is 4.79 Å². The molecule has 2 rings (SSSR count). The molecule has 0 aromatic carbocycles. The van der Waals surface area contributed by atoms with Crippen molar-refractivity contribution in [1.82, 2.24) is 15.3 Å². The van der Waals surface area contributed by atoms with E-state index in [2.05, 4.69) is 27.5 Å². The number of aryl methyl sites for hydroxylation is 2. The highest BCUT2D eigenvalue weighted by atomic mass is 16.2. The molecule has 0 radical (unpaired) electrons. The third-order valence-corrected chi connectivity index (χ3v) is 3.84. The smallest absolute Gasteiger partial charge is 0.234 e. The molecular formula is C14H22N4O. The van der Waals surface area contributed by atoms with Crippen molar-refractivity contribution in [3.05, 3.63) is 17.5 Å². The van der Waals surface area contributed by atoms with Gasteiger partial charge < -0.3 is 5.32 Å². The summed E-state index contributed by atoms with van der Waals surface area (Å²) in [6, 6.07) is 1.90. The van der Waals surface area contributed by atoms with E-state index in [4.69, 9.17) is 0 Å². The zero-order valence-corrected chi connectivity index (χ0v) is 11.9. The Kier molecular flexibility index (Phi) is 4.14. The second kappa shape index (κ2) is 5.65. The number of hydrogen-bond donors (Lipinski definition) is 2. The summed E-state index contributed by atoms with van der Waals surface area (Å²) in [6.07, 6.45) is 2.79. The molecule has 1 fully saturated rings. The molecule has 1 aromatic rings. The molecule has 5 heteroatoms. The summed E-state index contributed by atoms with van der Waals surface area (Å²) in [6.45, 7) is 7.61. The first-order valence-corrected chi connectivity index (χ1v) is 6.90. The Morgan fingerprint density at radius 2 is 2.11 bits per heavy atom. The fraction of sp³-hybridized carbons (Fsp3) is 0.643. The van der Waals surface area contributed by atoms with Gasteiger partial charge in [-0.2, -0.15) is 0 Å². The Morgan fingerprint density at radius 3 is 2.63 bits per heavy atom. The molecule has 104 valence electrons. The lowest BCUT2D eigenvalue weighted by molar-refractivity contribution is -0.126. The zero-order chi connectivity index (χ0) is 13.9. The Hall–Kier alpha value is -1.49. The number of amides is 1. The van der Waals surface area contributed by atoms with Gasteiger partial charge in [-0.1, -0.05) is 6.92 Å². The van der Waals surface area contributed by atoms with Crippen molar-refractivity contribution in [2.24, 2.45) is 5.41 Å². The van der Waals surface area contributed by atoms with Crippen LogP contribution in [-0.2, 0) is 4.79 Å². The van der Waals surface area contributed by atoms with Gasteiger partial charge in [-0.05, 0) is 45.7 Å². The van der Waals surface area contributed by atoms with Crippen molar-refractivity contribution >= 4 is 11.9 Å². The van der Waals surface area contributed by atoms with Gasteiger partial charge in [-0.25, -0.2) is 9.97 Å². The van der Waals surface area contributed by atoms with Crippen molar-refractivity contribution in [2.75, 3.05) is 18.4 Å². The highest BCUT2D eigenvalue weighted by Crippen LogP contribution is 2.31. The topological polar surface area (TPSA) is 66.9 Å². The van der Waals surface area contributed by atoms with E-state index in [-0.39, 0.29) is 11.3 Å². The van der Waals surface area contributed by atoms with Crippen LogP contribution in [0.1, 0.15) is 37.6 Å². The van der Waals surface area contributed by atoms with Gasteiger partial charge in [0, 0.05) is 17.9 Å². The van der Waals surface area contributed by atoms with Gasteiger partial charge in [0.2, 0.25) is 11.9 Å². The largest absolute Gasteiger partial charge is 0.316 e. The van der Waals surface area contributed by atoms with Crippen LogP contribution < -0.4 is 10.6 Å².